The van der Waals surface area contributed by atoms with Gasteiger partial charge in [0.25, 0.3) is 0 Å². The monoisotopic (exact) mass is 511 g/mol. The van der Waals surface area contributed by atoms with Crippen molar-refractivity contribution in [1.29, 1.82) is 0 Å². The second-order valence-electron chi connectivity index (χ2n) is 10.4. The highest BCUT2D eigenvalue weighted by atomic mass is 35.5. The van der Waals surface area contributed by atoms with Gasteiger partial charge in [-0.2, -0.15) is 0 Å². The zero-order valence-electron chi connectivity index (χ0n) is 21.6. The summed E-state index contributed by atoms with van der Waals surface area (Å²) in [5.41, 5.74) is 3.71. The molecule has 1 N–H and O–H groups in total. The van der Waals surface area contributed by atoms with E-state index in [9.17, 15) is 4.79 Å². The molecule has 0 aromatic heterocycles. The Hall–Kier alpha value is -2.14. The van der Waals surface area contributed by atoms with E-state index in [1.165, 1.54) is 49.0 Å². The number of halogens is 1. The van der Waals surface area contributed by atoms with Crippen LogP contribution in [0.15, 0.2) is 66.7 Å². The van der Waals surface area contributed by atoms with Crippen LogP contribution in [0, 0.1) is 11.8 Å². The summed E-state index contributed by atoms with van der Waals surface area (Å²) in [4.78, 5) is 13.5. The lowest BCUT2D eigenvalue weighted by Crippen LogP contribution is -2.45. The molecule has 1 heterocycles. The van der Waals surface area contributed by atoms with Crippen LogP contribution >= 0.6 is 12.4 Å². The Kier molecular flexibility index (Phi) is 11.5. The lowest BCUT2D eigenvalue weighted by Gasteiger charge is -2.38. The van der Waals surface area contributed by atoms with Crippen molar-refractivity contribution < 1.29 is 14.6 Å². The second-order valence-corrected chi connectivity index (χ2v) is 10.4. The Morgan fingerprint density at radius 1 is 0.972 bits per heavy atom. The number of allylic oxidation sites excluding steroid dienone is 2. The van der Waals surface area contributed by atoms with Gasteiger partial charge >= 0.3 is 5.97 Å². The maximum Gasteiger partial charge on any atom is 0.303 e. The van der Waals surface area contributed by atoms with Crippen LogP contribution in [0.2, 0.25) is 0 Å². The minimum atomic E-state index is -0.727. The Morgan fingerprint density at radius 3 is 2.33 bits per heavy atom. The molecule has 1 saturated carbocycles. The third kappa shape index (κ3) is 7.93. The molecular weight excluding hydrogens is 470 g/mol. The van der Waals surface area contributed by atoms with Crippen molar-refractivity contribution in [2.75, 3.05) is 13.1 Å². The molecule has 5 heteroatoms. The van der Waals surface area contributed by atoms with Crippen molar-refractivity contribution in [3.8, 4) is 11.1 Å². The molecule has 1 saturated heterocycles. The number of hydrogen-bond donors (Lipinski definition) is 1. The number of carboxylic acids is 1. The molecule has 4 rings (SSSR count). The second kappa shape index (κ2) is 14.6. The van der Waals surface area contributed by atoms with E-state index in [1.54, 1.807) is 0 Å². The molecule has 0 spiro atoms. The SMILES string of the molecule is C[C@H]1C[C@H](OCc2ccc(-c3ccccc3)cc2)[C@H](CC/C=C\CCC(=O)O)[C@H]1N1CCCCC1.Cl. The molecule has 0 bridgehead atoms. The number of carbonyl (C=O) groups is 1. The van der Waals surface area contributed by atoms with Gasteiger partial charge < -0.3 is 9.84 Å². The minimum Gasteiger partial charge on any atom is -0.481 e. The summed E-state index contributed by atoms with van der Waals surface area (Å²) >= 11 is 0. The van der Waals surface area contributed by atoms with Crippen LogP contribution < -0.4 is 0 Å². The average molecular weight is 512 g/mol. The highest BCUT2D eigenvalue weighted by Crippen LogP contribution is 2.41. The van der Waals surface area contributed by atoms with Gasteiger partial charge in [-0.15, -0.1) is 12.4 Å². The normalized spacial score (nSPS) is 24.6. The Morgan fingerprint density at radius 2 is 1.64 bits per heavy atom. The predicted molar refractivity (Wildman–Crippen MR) is 149 cm³/mol. The average Bonchev–Trinajstić information content (AvgIpc) is 3.20. The quantitative estimate of drug-likeness (QED) is 0.320. The van der Waals surface area contributed by atoms with Crippen LogP contribution in [0.1, 0.15) is 63.9 Å². The van der Waals surface area contributed by atoms with Crippen molar-refractivity contribution in [2.45, 2.75) is 77.0 Å². The first-order chi connectivity index (χ1) is 17.1. The molecule has 4 nitrogen and oxygen atoms in total. The molecule has 36 heavy (non-hydrogen) atoms. The van der Waals surface area contributed by atoms with Crippen molar-refractivity contribution in [1.82, 2.24) is 4.90 Å². The van der Waals surface area contributed by atoms with Crippen LogP contribution in [0.25, 0.3) is 11.1 Å². The number of hydrogen-bond acceptors (Lipinski definition) is 3. The zero-order chi connectivity index (χ0) is 24.5. The standard InChI is InChI=1S/C31H41NO3.ClH/c1-24-22-29(35-23-25-16-18-27(19-17-25)26-12-6-4-7-13-26)28(14-8-2-3-9-15-30(33)34)31(24)32-20-10-5-11-21-32;/h2-4,6-7,12-13,16-19,24,28-29,31H,5,8-11,14-15,20-23H2,1H3,(H,33,34);1H/b3-2-;/t24-,28-,29-,31-;/m0./s1. The van der Waals surface area contributed by atoms with Gasteiger partial charge in [-0.1, -0.05) is 80.1 Å². The van der Waals surface area contributed by atoms with E-state index >= 15 is 0 Å². The predicted octanol–water partition coefficient (Wildman–Crippen LogP) is 7.37. The lowest BCUT2D eigenvalue weighted by molar-refractivity contribution is -0.136. The van der Waals surface area contributed by atoms with Gasteiger partial charge in [0.05, 0.1) is 12.7 Å². The van der Waals surface area contributed by atoms with E-state index in [-0.39, 0.29) is 24.9 Å². The number of benzene rings is 2. The summed E-state index contributed by atoms with van der Waals surface area (Å²) in [5, 5.41) is 8.86. The molecule has 2 aromatic carbocycles. The van der Waals surface area contributed by atoms with E-state index < -0.39 is 5.97 Å². The van der Waals surface area contributed by atoms with Crippen molar-refractivity contribution in [3.05, 3.63) is 72.3 Å². The molecule has 0 amide bonds. The third-order valence-electron chi connectivity index (χ3n) is 7.80. The van der Waals surface area contributed by atoms with E-state index in [1.807, 2.05) is 12.1 Å². The maximum absolute atomic E-state index is 10.8. The number of ether oxygens (including phenoxy) is 1. The fourth-order valence-corrected chi connectivity index (χ4v) is 6.08. The summed E-state index contributed by atoms with van der Waals surface area (Å²) in [6, 6.07) is 19.9. The van der Waals surface area contributed by atoms with E-state index in [2.05, 4.69) is 66.4 Å². The van der Waals surface area contributed by atoms with Gasteiger partial charge in [0.2, 0.25) is 0 Å². The topological polar surface area (TPSA) is 49.8 Å². The van der Waals surface area contributed by atoms with Crippen molar-refractivity contribution in [2.24, 2.45) is 11.8 Å². The fourth-order valence-electron chi connectivity index (χ4n) is 6.08. The molecular formula is C31H42ClNO3. The number of carboxylic acid groups (broad SMARTS) is 1. The largest absolute Gasteiger partial charge is 0.481 e. The van der Waals surface area contributed by atoms with Gasteiger partial charge in [-0.3, -0.25) is 9.69 Å². The zero-order valence-corrected chi connectivity index (χ0v) is 22.4. The first kappa shape index (κ1) is 28.4. The first-order valence-electron chi connectivity index (χ1n) is 13.5. The van der Waals surface area contributed by atoms with Gasteiger partial charge in [0.1, 0.15) is 0 Å². The van der Waals surface area contributed by atoms with Crippen LogP contribution in [0.3, 0.4) is 0 Å². The minimum absolute atomic E-state index is 0. The van der Waals surface area contributed by atoms with E-state index in [0.717, 1.165) is 19.3 Å². The summed E-state index contributed by atoms with van der Waals surface area (Å²) in [7, 11) is 0. The number of piperidine rings is 1. The van der Waals surface area contributed by atoms with Crippen LogP contribution in [-0.2, 0) is 16.1 Å². The number of rotatable bonds is 11. The van der Waals surface area contributed by atoms with Crippen molar-refractivity contribution in [3.63, 3.8) is 0 Å². The third-order valence-corrected chi connectivity index (χ3v) is 7.80. The molecule has 0 unspecified atom stereocenters. The maximum atomic E-state index is 10.8. The summed E-state index contributed by atoms with van der Waals surface area (Å²) in [6.45, 7) is 5.50. The Bertz CT molecular complexity index is 940. The van der Waals surface area contributed by atoms with Crippen LogP contribution in [0.4, 0.5) is 0 Å². The first-order valence-corrected chi connectivity index (χ1v) is 13.5. The Balaban J connectivity index is 0.00000361. The highest BCUT2D eigenvalue weighted by Gasteiger charge is 2.44. The molecule has 2 aromatic rings. The molecule has 1 aliphatic carbocycles. The number of aliphatic carboxylic acids is 1. The van der Waals surface area contributed by atoms with Crippen LogP contribution in [-0.4, -0.2) is 41.2 Å². The summed E-state index contributed by atoms with van der Waals surface area (Å²) in [5.74, 6) is 0.435. The molecule has 2 aliphatic rings. The smallest absolute Gasteiger partial charge is 0.303 e. The van der Waals surface area contributed by atoms with Gasteiger partial charge in [0.15, 0.2) is 0 Å². The fraction of sp³-hybridized carbons (Fsp3) is 0.516. The summed E-state index contributed by atoms with van der Waals surface area (Å²) < 4.78 is 6.62. The molecule has 2 fully saturated rings. The van der Waals surface area contributed by atoms with E-state index in [0.29, 0.717) is 30.9 Å². The van der Waals surface area contributed by atoms with Crippen molar-refractivity contribution >= 4 is 18.4 Å². The number of nitrogens with zero attached hydrogens (tertiary/aromatic N) is 1. The molecule has 0 radical (unpaired) electrons. The van der Waals surface area contributed by atoms with Gasteiger partial charge in [-0.05, 0) is 74.2 Å². The lowest BCUT2D eigenvalue weighted by atomic mass is 9.90. The Labute approximate surface area is 223 Å². The molecule has 1 aliphatic heterocycles. The van der Waals surface area contributed by atoms with Gasteiger partial charge in [-0.25, -0.2) is 0 Å². The van der Waals surface area contributed by atoms with Gasteiger partial charge in [0, 0.05) is 18.4 Å². The number of likely N-dealkylation sites (tertiary alicyclic amines) is 1. The van der Waals surface area contributed by atoms with Crippen LogP contribution in [0.5, 0.6) is 0 Å². The van der Waals surface area contributed by atoms with E-state index in [4.69, 9.17) is 9.84 Å². The highest BCUT2D eigenvalue weighted by molar-refractivity contribution is 5.85. The molecule has 196 valence electrons. The summed E-state index contributed by atoms with van der Waals surface area (Å²) in [6.07, 6.45) is 12.5. The molecule has 4 atom stereocenters.